The van der Waals surface area contributed by atoms with Crippen molar-refractivity contribution in [1.29, 1.82) is 0 Å². The highest BCUT2D eigenvalue weighted by atomic mass is 16.6. The van der Waals surface area contributed by atoms with Crippen LogP contribution in [0.15, 0.2) is 46.8 Å². The molecule has 1 aliphatic heterocycles. The number of esters is 1. The highest BCUT2D eigenvalue weighted by Gasteiger charge is 2.29. The molecule has 1 aromatic carbocycles. The lowest BCUT2D eigenvalue weighted by Crippen LogP contribution is -2.27. The van der Waals surface area contributed by atoms with Crippen LogP contribution in [0, 0.1) is 0 Å². The molecule has 0 N–H and O–H groups in total. The summed E-state index contributed by atoms with van der Waals surface area (Å²) in [4.78, 5) is 20.0. The van der Waals surface area contributed by atoms with Crippen LogP contribution in [0.3, 0.4) is 0 Å². The first-order chi connectivity index (χ1) is 9.00. The summed E-state index contributed by atoms with van der Waals surface area (Å²) in [5.41, 5.74) is 1.12. The normalized spacial score (nSPS) is 14.0. The highest BCUT2D eigenvalue weighted by molar-refractivity contribution is 6.11. The van der Waals surface area contributed by atoms with E-state index in [0.29, 0.717) is 11.6 Å². The van der Waals surface area contributed by atoms with Gasteiger partial charge in [-0.2, -0.15) is 0 Å². The smallest absolute Gasteiger partial charge is 0.367 e. The number of nitrogens with zero attached hydrogens (tertiary/aromatic N) is 3. The molecule has 1 aliphatic rings. The lowest BCUT2D eigenvalue weighted by Gasteiger charge is -2.24. The summed E-state index contributed by atoms with van der Waals surface area (Å²) in [6.07, 6.45) is 0. The molecule has 5 nitrogen and oxygen atoms in total. The summed E-state index contributed by atoms with van der Waals surface area (Å²) in [6.45, 7) is 0. The molecular formula is C14H17N3O2. The van der Waals surface area contributed by atoms with Crippen molar-refractivity contribution in [3.63, 3.8) is 0 Å². The van der Waals surface area contributed by atoms with Crippen LogP contribution < -0.4 is 0 Å². The third kappa shape index (κ3) is 2.59. The van der Waals surface area contributed by atoms with Crippen LogP contribution in [0.4, 0.5) is 0 Å². The minimum atomic E-state index is -0.420. The van der Waals surface area contributed by atoms with E-state index < -0.39 is 5.97 Å². The van der Waals surface area contributed by atoms with Crippen molar-refractivity contribution in [2.24, 2.45) is 4.99 Å². The second-order valence-corrected chi connectivity index (χ2v) is 4.63. The van der Waals surface area contributed by atoms with E-state index in [1.54, 1.807) is 0 Å². The van der Waals surface area contributed by atoms with Gasteiger partial charge in [0.25, 0.3) is 0 Å². The number of carbonyl (C=O) groups excluding carboxylic acids is 1. The van der Waals surface area contributed by atoms with Gasteiger partial charge in [-0.3, -0.25) is 0 Å². The maximum Gasteiger partial charge on any atom is 0.367 e. The van der Waals surface area contributed by atoms with E-state index in [-0.39, 0.29) is 0 Å². The summed E-state index contributed by atoms with van der Waals surface area (Å²) in [7, 11) is 7.47. The Bertz CT molecular complexity index is 535. The van der Waals surface area contributed by atoms with Crippen LogP contribution in [0.1, 0.15) is 5.56 Å². The average Bonchev–Trinajstić information content (AvgIpc) is 2.72. The molecule has 1 heterocycles. The van der Waals surface area contributed by atoms with Gasteiger partial charge in [-0.15, -0.1) is 0 Å². The lowest BCUT2D eigenvalue weighted by molar-refractivity contribution is -0.130. The molecule has 0 saturated heterocycles. The number of aliphatic imine (C=N–C) groups is 1. The molecule has 19 heavy (non-hydrogen) atoms. The molecule has 0 aromatic heterocycles. The first-order valence-electron chi connectivity index (χ1n) is 5.96. The Morgan fingerprint density at radius 2 is 1.63 bits per heavy atom. The van der Waals surface area contributed by atoms with Crippen LogP contribution in [-0.4, -0.2) is 49.9 Å². The summed E-state index contributed by atoms with van der Waals surface area (Å²) < 4.78 is 5.24. The molecule has 0 amide bonds. The quantitative estimate of drug-likeness (QED) is 0.606. The topological polar surface area (TPSA) is 45.1 Å². The molecule has 0 aliphatic carbocycles. The van der Waals surface area contributed by atoms with Crippen LogP contribution in [0.2, 0.25) is 0 Å². The van der Waals surface area contributed by atoms with Crippen molar-refractivity contribution in [1.82, 2.24) is 9.80 Å². The Hall–Kier alpha value is -2.30. The molecule has 0 atom stereocenters. The largest absolute Gasteiger partial charge is 0.402 e. The van der Waals surface area contributed by atoms with Gasteiger partial charge in [0, 0.05) is 33.8 Å². The monoisotopic (exact) mass is 259 g/mol. The van der Waals surface area contributed by atoms with E-state index in [1.165, 1.54) is 0 Å². The first-order valence-corrected chi connectivity index (χ1v) is 5.96. The number of hydrogen-bond donors (Lipinski definition) is 0. The van der Waals surface area contributed by atoms with Gasteiger partial charge in [0.1, 0.15) is 5.82 Å². The fraction of sp³-hybridized carbons (Fsp3) is 0.286. The van der Waals surface area contributed by atoms with Gasteiger partial charge in [0.15, 0.2) is 5.70 Å². The van der Waals surface area contributed by atoms with Crippen molar-refractivity contribution in [3.8, 4) is 0 Å². The summed E-state index contributed by atoms with van der Waals surface area (Å²) >= 11 is 0. The van der Waals surface area contributed by atoms with Crippen molar-refractivity contribution in [3.05, 3.63) is 47.4 Å². The fourth-order valence-electron chi connectivity index (χ4n) is 1.98. The Morgan fingerprint density at radius 1 is 1.05 bits per heavy atom. The number of benzene rings is 1. The van der Waals surface area contributed by atoms with Gasteiger partial charge < -0.3 is 14.5 Å². The van der Waals surface area contributed by atoms with Gasteiger partial charge >= 0.3 is 5.97 Å². The summed E-state index contributed by atoms with van der Waals surface area (Å²) in [5.74, 6) is 0.647. The summed E-state index contributed by atoms with van der Waals surface area (Å²) in [6, 6.07) is 9.39. The molecule has 5 heteroatoms. The molecule has 0 radical (unpaired) electrons. The van der Waals surface area contributed by atoms with Crippen LogP contribution in [0.5, 0.6) is 0 Å². The van der Waals surface area contributed by atoms with E-state index in [4.69, 9.17) is 4.74 Å². The van der Waals surface area contributed by atoms with E-state index in [1.807, 2.05) is 68.3 Å². The van der Waals surface area contributed by atoms with E-state index in [9.17, 15) is 4.79 Å². The van der Waals surface area contributed by atoms with E-state index in [2.05, 4.69) is 4.99 Å². The fourth-order valence-corrected chi connectivity index (χ4v) is 1.98. The minimum absolute atomic E-state index is 0.328. The summed E-state index contributed by atoms with van der Waals surface area (Å²) in [5, 5.41) is 0. The third-order valence-electron chi connectivity index (χ3n) is 2.68. The standard InChI is InChI=1S/C14H17N3O2/c1-16(2)13(17(3)4)11-14(18)19-12(15-11)10-8-6-5-7-9-10/h5-9H,1-4H3. The zero-order valence-electron chi connectivity index (χ0n) is 11.5. The van der Waals surface area contributed by atoms with Crippen molar-refractivity contribution in [2.75, 3.05) is 28.2 Å². The number of carbonyl (C=O) groups is 1. The number of hydrogen-bond acceptors (Lipinski definition) is 5. The maximum absolute atomic E-state index is 12.0. The lowest BCUT2D eigenvalue weighted by atomic mass is 10.2. The molecule has 1 aromatic rings. The van der Waals surface area contributed by atoms with Gasteiger partial charge in [0.2, 0.25) is 5.90 Å². The molecule has 2 rings (SSSR count). The minimum Gasteiger partial charge on any atom is -0.402 e. The van der Waals surface area contributed by atoms with Gasteiger partial charge in [-0.05, 0) is 12.1 Å². The average molecular weight is 259 g/mol. The van der Waals surface area contributed by atoms with Crippen LogP contribution in [0.25, 0.3) is 0 Å². The second-order valence-electron chi connectivity index (χ2n) is 4.63. The zero-order valence-corrected chi connectivity index (χ0v) is 11.5. The predicted octanol–water partition coefficient (Wildman–Crippen LogP) is 1.28. The molecule has 0 fully saturated rings. The van der Waals surface area contributed by atoms with Gasteiger partial charge in [-0.25, -0.2) is 9.79 Å². The Balaban J connectivity index is 2.46. The maximum atomic E-state index is 12.0. The molecule has 0 bridgehead atoms. The molecule has 0 unspecified atom stereocenters. The van der Waals surface area contributed by atoms with Gasteiger partial charge in [0.05, 0.1) is 0 Å². The molecule has 0 spiro atoms. The van der Waals surface area contributed by atoms with Gasteiger partial charge in [-0.1, -0.05) is 18.2 Å². The van der Waals surface area contributed by atoms with Crippen molar-refractivity contribution in [2.45, 2.75) is 0 Å². The number of ether oxygens (including phenoxy) is 1. The first kappa shape index (κ1) is 13.1. The Morgan fingerprint density at radius 3 is 2.16 bits per heavy atom. The third-order valence-corrected chi connectivity index (χ3v) is 2.68. The number of cyclic esters (lactones) is 1. The van der Waals surface area contributed by atoms with E-state index >= 15 is 0 Å². The Labute approximate surface area is 112 Å². The zero-order chi connectivity index (χ0) is 14.0. The Kier molecular flexibility index (Phi) is 3.55. The second kappa shape index (κ2) is 5.14. The molecular weight excluding hydrogens is 242 g/mol. The van der Waals surface area contributed by atoms with Crippen molar-refractivity contribution >= 4 is 11.9 Å². The van der Waals surface area contributed by atoms with Crippen LogP contribution >= 0.6 is 0 Å². The molecule has 0 saturated carbocycles. The van der Waals surface area contributed by atoms with Crippen molar-refractivity contribution < 1.29 is 9.53 Å². The highest BCUT2D eigenvalue weighted by Crippen LogP contribution is 2.21. The number of rotatable bonds is 3. The van der Waals surface area contributed by atoms with Crippen LogP contribution in [-0.2, 0) is 9.53 Å². The predicted molar refractivity (Wildman–Crippen MR) is 73.5 cm³/mol. The SMILES string of the molecule is CN(C)C(=C1N=C(c2ccccc2)OC1=O)N(C)C. The molecule has 100 valence electrons. The van der Waals surface area contributed by atoms with E-state index in [0.717, 1.165) is 11.4 Å².